The Bertz CT molecular complexity index is 690. The van der Waals surface area contributed by atoms with Crippen LogP contribution in [0.3, 0.4) is 0 Å². The summed E-state index contributed by atoms with van der Waals surface area (Å²) in [5.41, 5.74) is 0.799. The highest BCUT2D eigenvalue weighted by molar-refractivity contribution is 6.07. The van der Waals surface area contributed by atoms with Crippen molar-refractivity contribution in [2.45, 2.75) is 31.7 Å². The quantitative estimate of drug-likeness (QED) is 0.417. The van der Waals surface area contributed by atoms with E-state index in [-0.39, 0.29) is 24.0 Å². The number of rotatable bonds is 12. The van der Waals surface area contributed by atoms with Gasteiger partial charge in [-0.2, -0.15) is 0 Å². The molecule has 8 nitrogen and oxygen atoms in total. The van der Waals surface area contributed by atoms with Crippen molar-refractivity contribution in [1.29, 1.82) is 0 Å². The fourth-order valence-electron chi connectivity index (χ4n) is 2.67. The number of nitrogens with one attached hydrogen (secondary N) is 2. The van der Waals surface area contributed by atoms with E-state index in [2.05, 4.69) is 10.6 Å². The van der Waals surface area contributed by atoms with Gasteiger partial charge in [0.05, 0.1) is 5.56 Å². The number of benzene rings is 1. The lowest BCUT2D eigenvalue weighted by molar-refractivity contribution is -0.125. The Morgan fingerprint density at radius 3 is 2.44 bits per heavy atom. The number of carbonyl (C=O) groups is 5. The maximum absolute atomic E-state index is 13.1. The van der Waals surface area contributed by atoms with Crippen LogP contribution < -0.4 is 10.6 Å². The van der Waals surface area contributed by atoms with Crippen LogP contribution >= 0.6 is 0 Å². The number of carbonyl (C=O) groups excluding carboxylic acids is 5. The highest BCUT2D eigenvalue weighted by Crippen LogP contribution is 2.22. The molecule has 0 aliphatic heterocycles. The fraction of sp³-hybridized carbons (Fsp3) is 0.421. The summed E-state index contributed by atoms with van der Waals surface area (Å²) in [4.78, 5) is 59.0. The molecule has 0 fully saturated rings. The number of likely N-dealkylation sites (N-methyl/N-ethyl adjacent to an activating group) is 2. The lowest BCUT2D eigenvalue weighted by Crippen LogP contribution is -2.47. The van der Waals surface area contributed by atoms with E-state index in [0.717, 1.165) is 6.29 Å². The van der Waals surface area contributed by atoms with Gasteiger partial charge in [-0.05, 0) is 18.9 Å². The third-order valence-corrected chi connectivity index (χ3v) is 4.15. The first kappa shape index (κ1) is 22.0. The molecule has 0 radical (unpaired) electrons. The summed E-state index contributed by atoms with van der Waals surface area (Å²) in [5, 5.41) is 5.55. The SMILES string of the molecule is CNC(=O)C(CCC=O)N(C)C(=O)c1c(C=O)cccc1NCCCC=O. The molecule has 1 aromatic rings. The molecule has 0 aromatic heterocycles. The van der Waals surface area contributed by atoms with Gasteiger partial charge in [0, 0.05) is 44.7 Å². The lowest BCUT2D eigenvalue weighted by Gasteiger charge is -2.28. The fourth-order valence-corrected chi connectivity index (χ4v) is 2.67. The van der Waals surface area contributed by atoms with Crippen LogP contribution in [0.5, 0.6) is 0 Å². The second-order valence-corrected chi connectivity index (χ2v) is 5.91. The summed E-state index contributed by atoms with van der Waals surface area (Å²) in [7, 11) is 2.92. The third-order valence-electron chi connectivity index (χ3n) is 4.15. The van der Waals surface area contributed by atoms with Gasteiger partial charge in [-0.25, -0.2) is 0 Å². The molecule has 1 unspecified atom stereocenters. The van der Waals surface area contributed by atoms with Crippen molar-refractivity contribution in [3.63, 3.8) is 0 Å². The molecule has 1 atom stereocenters. The normalized spacial score (nSPS) is 11.2. The van der Waals surface area contributed by atoms with Crippen LogP contribution in [0.4, 0.5) is 5.69 Å². The predicted octanol–water partition coefficient (Wildman–Crippen LogP) is 1.06. The number of aldehydes is 3. The largest absolute Gasteiger partial charge is 0.384 e. The maximum Gasteiger partial charge on any atom is 0.257 e. The summed E-state index contributed by atoms with van der Waals surface area (Å²) >= 11 is 0. The van der Waals surface area contributed by atoms with Gasteiger partial charge in [0.15, 0.2) is 6.29 Å². The van der Waals surface area contributed by atoms with Crippen LogP contribution in [0.25, 0.3) is 0 Å². The predicted molar refractivity (Wildman–Crippen MR) is 101 cm³/mol. The van der Waals surface area contributed by atoms with Crippen LogP contribution in [0, 0.1) is 0 Å². The summed E-state index contributed by atoms with van der Waals surface area (Å²) in [6, 6.07) is 3.99. The Hall–Kier alpha value is -3.03. The second-order valence-electron chi connectivity index (χ2n) is 5.91. The first-order valence-corrected chi connectivity index (χ1v) is 8.69. The zero-order valence-corrected chi connectivity index (χ0v) is 15.6. The molecule has 27 heavy (non-hydrogen) atoms. The molecule has 8 heteroatoms. The van der Waals surface area contributed by atoms with E-state index in [1.165, 1.54) is 25.1 Å². The molecule has 0 saturated heterocycles. The van der Waals surface area contributed by atoms with E-state index in [0.29, 0.717) is 37.6 Å². The Morgan fingerprint density at radius 1 is 1.15 bits per heavy atom. The van der Waals surface area contributed by atoms with Crippen molar-refractivity contribution in [3.05, 3.63) is 29.3 Å². The monoisotopic (exact) mass is 375 g/mol. The van der Waals surface area contributed by atoms with Gasteiger partial charge in [-0.15, -0.1) is 0 Å². The van der Waals surface area contributed by atoms with Crippen molar-refractivity contribution >= 4 is 36.4 Å². The first-order valence-electron chi connectivity index (χ1n) is 8.69. The molecule has 1 aromatic carbocycles. The number of hydrogen-bond acceptors (Lipinski definition) is 6. The highest BCUT2D eigenvalue weighted by Gasteiger charge is 2.29. The van der Waals surface area contributed by atoms with Gasteiger partial charge in [-0.3, -0.25) is 14.4 Å². The van der Waals surface area contributed by atoms with Crippen LogP contribution in [-0.4, -0.2) is 62.3 Å². The lowest BCUT2D eigenvalue weighted by atomic mass is 10.0. The maximum atomic E-state index is 13.1. The molecule has 0 spiro atoms. The molecule has 0 aliphatic rings. The first-order chi connectivity index (χ1) is 13.0. The van der Waals surface area contributed by atoms with Crippen LogP contribution in [0.15, 0.2) is 18.2 Å². The number of unbranched alkanes of at least 4 members (excludes halogenated alkanes) is 1. The third kappa shape index (κ3) is 6.02. The Balaban J connectivity index is 3.17. The molecular weight excluding hydrogens is 350 g/mol. The van der Waals surface area contributed by atoms with Crippen molar-refractivity contribution < 1.29 is 24.0 Å². The Labute approximate surface area is 158 Å². The van der Waals surface area contributed by atoms with E-state index >= 15 is 0 Å². The molecule has 0 bridgehead atoms. The average Bonchev–Trinajstić information content (AvgIpc) is 2.70. The van der Waals surface area contributed by atoms with E-state index in [1.54, 1.807) is 12.1 Å². The van der Waals surface area contributed by atoms with Crippen molar-refractivity contribution in [2.24, 2.45) is 0 Å². The molecule has 0 aliphatic carbocycles. The van der Waals surface area contributed by atoms with Crippen LogP contribution in [-0.2, 0) is 14.4 Å². The number of amides is 2. The topological polar surface area (TPSA) is 113 Å². The molecule has 146 valence electrons. The van der Waals surface area contributed by atoms with Gasteiger partial charge in [0.1, 0.15) is 18.6 Å². The number of anilines is 1. The summed E-state index contributed by atoms with van der Waals surface area (Å²) < 4.78 is 0. The highest BCUT2D eigenvalue weighted by atomic mass is 16.2. The molecular formula is C19H25N3O5. The van der Waals surface area contributed by atoms with Gasteiger partial charge in [-0.1, -0.05) is 12.1 Å². The molecule has 1 rings (SSSR count). The van der Waals surface area contributed by atoms with Crippen LogP contribution in [0.2, 0.25) is 0 Å². The standard InChI is InChI=1S/C19H25N3O5/c1-20-18(26)16(9-6-12-24)22(2)19(27)17-14(13-25)7-5-8-15(17)21-10-3-4-11-23/h5,7-8,11-13,16,21H,3-4,6,9-10H2,1-2H3,(H,20,26). The van der Waals surface area contributed by atoms with Gasteiger partial charge in [0.2, 0.25) is 5.91 Å². The van der Waals surface area contributed by atoms with Crippen molar-refractivity contribution in [1.82, 2.24) is 10.2 Å². The summed E-state index contributed by atoms with van der Waals surface area (Å²) in [6.45, 7) is 0.453. The molecule has 0 saturated carbocycles. The summed E-state index contributed by atoms with van der Waals surface area (Å²) in [5.74, 6) is -0.896. The Morgan fingerprint density at radius 2 is 1.85 bits per heavy atom. The average molecular weight is 375 g/mol. The van der Waals surface area contributed by atoms with Crippen molar-refractivity contribution in [3.8, 4) is 0 Å². The zero-order chi connectivity index (χ0) is 20.2. The smallest absolute Gasteiger partial charge is 0.257 e. The second kappa shape index (κ2) is 11.6. The number of hydrogen-bond donors (Lipinski definition) is 2. The minimum absolute atomic E-state index is 0.127. The van der Waals surface area contributed by atoms with Gasteiger partial charge >= 0.3 is 0 Å². The van der Waals surface area contributed by atoms with Crippen molar-refractivity contribution in [2.75, 3.05) is 26.0 Å². The van der Waals surface area contributed by atoms with E-state index in [1.807, 2.05) is 0 Å². The van der Waals surface area contributed by atoms with E-state index in [4.69, 9.17) is 0 Å². The van der Waals surface area contributed by atoms with E-state index in [9.17, 15) is 24.0 Å². The number of nitrogens with zero attached hydrogens (tertiary/aromatic N) is 1. The molecule has 0 heterocycles. The zero-order valence-electron chi connectivity index (χ0n) is 15.6. The summed E-state index contributed by atoms with van der Waals surface area (Å²) in [6.07, 6.45) is 3.35. The molecule has 2 N–H and O–H groups in total. The van der Waals surface area contributed by atoms with E-state index < -0.39 is 17.9 Å². The Kier molecular flexibility index (Phi) is 9.42. The van der Waals surface area contributed by atoms with Crippen LogP contribution in [0.1, 0.15) is 46.4 Å². The van der Waals surface area contributed by atoms with Gasteiger partial charge < -0.3 is 25.1 Å². The van der Waals surface area contributed by atoms with Gasteiger partial charge in [0.25, 0.3) is 5.91 Å². The minimum Gasteiger partial charge on any atom is -0.384 e. The minimum atomic E-state index is -0.838. The molecule has 2 amide bonds.